The Kier molecular flexibility index (Phi) is 18.8. The molecule has 2 nitrogen and oxygen atoms in total. The average Bonchev–Trinajstić information content (AvgIpc) is 3.08. The zero-order chi connectivity index (χ0) is 38.9. The Balaban J connectivity index is 1.94. The maximum absolute atomic E-state index is 9.41. The average molecular weight is 705 g/mol. The van der Waals surface area contributed by atoms with Crippen LogP contribution >= 0.6 is 0 Å². The molecule has 0 amide bonds. The van der Waals surface area contributed by atoms with Crippen molar-refractivity contribution >= 4 is 0 Å². The summed E-state index contributed by atoms with van der Waals surface area (Å²) in [6, 6.07) is 0. The summed E-state index contributed by atoms with van der Waals surface area (Å²) in [7, 11) is 0. The second-order valence-corrected chi connectivity index (χ2v) is 16.7. The molecule has 0 heterocycles. The first-order chi connectivity index (χ1) is 24.5. The molecule has 2 aliphatic carbocycles. The standard InChI is InChI=1S/C50H72O2/c1-37(19-15-21-39(3)25-33-47-43(7)27-31-45(49(47,9)10)29-23-41(5)35-51)17-13-14-18-38(2)20-16-22-40(4)26-34-48-44(8)28-32-46(50(48,11)12)30-24-42(6)36-52/h13-26,33-34,45-48,51-52H,7-8,27-32,35-36H2,1-6,9-12H3/b14-13+,19-15+,20-16+,33-25+,34-26+,37-17+,38-18+,39-21+,40-22+,41-23+,42-24+/t45-,46-,47-,48-/m0/s1. The minimum atomic E-state index is 0.127. The molecule has 0 radical (unpaired) electrons. The summed E-state index contributed by atoms with van der Waals surface area (Å²) in [5.41, 5.74) is 9.85. The van der Waals surface area contributed by atoms with E-state index in [1.54, 1.807) is 0 Å². The molecule has 0 bridgehead atoms. The summed E-state index contributed by atoms with van der Waals surface area (Å²) >= 11 is 0. The number of hydrogen-bond acceptors (Lipinski definition) is 2. The molecule has 2 fully saturated rings. The zero-order valence-corrected chi connectivity index (χ0v) is 34.5. The lowest BCUT2D eigenvalue weighted by molar-refractivity contribution is 0.127. The van der Waals surface area contributed by atoms with Crippen LogP contribution in [0.5, 0.6) is 0 Å². The van der Waals surface area contributed by atoms with E-state index in [9.17, 15) is 10.2 Å². The lowest BCUT2D eigenvalue weighted by Gasteiger charge is -2.45. The van der Waals surface area contributed by atoms with Crippen LogP contribution in [0, 0.1) is 34.5 Å². The zero-order valence-electron chi connectivity index (χ0n) is 34.5. The van der Waals surface area contributed by atoms with Gasteiger partial charge in [0.05, 0.1) is 13.2 Å². The summed E-state index contributed by atoms with van der Waals surface area (Å²) in [6.07, 6.45) is 41.4. The smallest absolute Gasteiger partial charge is 0.0639 e. The van der Waals surface area contributed by atoms with Gasteiger partial charge in [-0.1, -0.05) is 183 Å². The molecule has 0 aromatic heterocycles. The van der Waals surface area contributed by atoms with Crippen molar-refractivity contribution < 1.29 is 10.2 Å². The monoisotopic (exact) mass is 705 g/mol. The maximum Gasteiger partial charge on any atom is 0.0639 e. The fourth-order valence-electron chi connectivity index (χ4n) is 7.60. The van der Waals surface area contributed by atoms with Gasteiger partial charge in [0.1, 0.15) is 0 Å². The van der Waals surface area contributed by atoms with Gasteiger partial charge in [0.2, 0.25) is 0 Å². The van der Waals surface area contributed by atoms with E-state index in [4.69, 9.17) is 0 Å². The van der Waals surface area contributed by atoms with E-state index >= 15 is 0 Å². The maximum atomic E-state index is 9.41. The number of hydrogen-bond donors (Lipinski definition) is 2. The molecule has 0 spiro atoms. The Morgan fingerprint density at radius 1 is 0.558 bits per heavy atom. The van der Waals surface area contributed by atoms with E-state index in [-0.39, 0.29) is 24.0 Å². The number of allylic oxidation sites excluding steroid dienone is 22. The molecule has 0 aliphatic heterocycles. The third-order valence-electron chi connectivity index (χ3n) is 11.6. The second-order valence-electron chi connectivity index (χ2n) is 16.7. The van der Waals surface area contributed by atoms with Crippen LogP contribution in [0.3, 0.4) is 0 Å². The van der Waals surface area contributed by atoms with Crippen LogP contribution in [0.15, 0.2) is 155 Å². The van der Waals surface area contributed by atoms with Gasteiger partial charge in [-0.25, -0.2) is 0 Å². The predicted octanol–water partition coefficient (Wildman–Crippen LogP) is 13.4. The van der Waals surface area contributed by atoms with Gasteiger partial charge in [-0.2, -0.15) is 0 Å². The molecule has 0 unspecified atom stereocenters. The Hall–Kier alpha value is -3.46. The van der Waals surface area contributed by atoms with Gasteiger partial charge in [0, 0.05) is 11.8 Å². The van der Waals surface area contributed by atoms with Crippen LogP contribution in [0.4, 0.5) is 0 Å². The fraction of sp³-hybridized carbons (Fsp3) is 0.480. The van der Waals surface area contributed by atoms with Crippen LogP contribution in [0.1, 0.15) is 108 Å². The second kappa shape index (κ2) is 21.9. The van der Waals surface area contributed by atoms with Crippen molar-refractivity contribution in [2.75, 3.05) is 13.2 Å². The van der Waals surface area contributed by atoms with E-state index in [0.717, 1.165) is 49.7 Å². The van der Waals surface area contributed by atoms with Gasteiger partial charge in [-0.3, -0.25) is 0 Å². The normalized spacial score (nSPS) is 26.0. The summed E-state index contributed by atoms with van der Waals surface area (Å²) in [5, 5.41) is 18.8. The molecule has 0 aromatic carbocycles. The topological polar surface area (TPSA) is 40.5 Å². The van der Waals surface area contributed by atoms with Gasteiger partial charge >= 0.3 is 0 Å². The van der Waals surface area contributed by atoms with Crippen molar-refractivity contribution in [2.45, 2.75) is 108 Å². The molecule has 52 heavy (non-hydrogen) atoms. The van der Waals surface area contributed by atoms with Crippen molar-refractivity contribution in [1.82, 2.24) is 0 Å². The third-order valence-corrected chi connectivity index (χ3v) is 11.6. The molecular formula is C50H72O2. The largest absolute Gasteiger partial charge is 0.392 e. The summed E-state index contributed by atoms with van der Waals surface area (Å²) in [5.74, 6) is 1.85. The Labute approximate surface area is 319 Å². The van der Waals surface area contributed by atoms with Crippen LogP contribution in [-0.4, -0.2) is 23.4 Å². The molecule has 0 aromatic rings. The van der Waals surface area contributed by atoms with Gasteiger partial charge in [0.15, 0.2) is 0 Å². The van der Waals surface area contributed by atoms with Crippen LogP contribution in [-0.2, 0) is 0 Å². The van der Waals surface area contributed by atoms with E-state index in [2.05, 4.69) is 166 Å². The van der Waals surface area contributed by atoms with Crippen LogP contribution in [0.2, 0.25) is 0 Å². The number of aliphatic hydroxyl groups excluding tert-OH is 2. The SMILES string of the molecule is C=C1CC[C@H](C/C=C(\C)CO)C(C)(C)[C@H]1/C=C/C(C)=C/C=C/C(C)=C/C=C/C=C(C)/C=C/C=C(C)/C=C/[C@H]1C(=C)CC[C@H](C/C=C(\C)CO)C1(C)C. The van der Waals surface area contributed by atoms with E-state index in [1.807, 2.05) is 13.8 Å². The molecule has 2 aliphatic rings. The highest BCUT2D eigenvalue weighted by Gasteiger charge is 2.41. The fourth-order valence-corrected chi connectivity index (χ4v) is 7.60. The molecule has 4 atom stereocenters. The third kappa shape index (κ3) is 14.5. The van der Waals surface area contributed by atoms with Gasteiger partial charge in [-0.05, 0) is 103 Å². The molecule has 2 saturated carbocycles. The lowest BCUT2D eigenvalue weighted by Crippen LogP contribution is -2.36. The number of aliphatic hydroxyl groups is 2. The molecule has 2 rings (SSSR count). The van der Waals surface area contributed by atoms with Gasteiger partial charge < -0.3 is 10.2 Å². The highest BCUT2D eigenvalue weighted by atomic mass is 16.3. The van der Waals surface area contributed by atoms with Gasteiger partial charge in [0.25, 0.3) is 0 Å². The minimum absolute atomic E-state index is 0.127. The molecular weight excluding hydrogens is 633 g/mol. The minimum Gasteiger partial charge on any atom is -0.392 e. The van der Waals surface area contributed by atoms with E-state index < -0.39 is 0 Å². The first-order valence-electron chi connectivity index (χ1n) is 19.5. The molecule has 0 saturated heterocycles. The van der Waals surface area contributed by atoms with Crippen LogP contribution in [0.25, 0.3) is 0 Å². The van der Waals surface area contributed by atoms with Gasteiger partial charge in [-0.15, -0.1) is 0 Å². The summed E-state index contributed by atoms with van der Waals surface area (Å²) in [4.78, 5) is 0. The highest BCUT2D eigenvalue weighted by molar-refractivity contribution is 5.33. The van der Waals surface area contributed by atoms with Crippen molar-refractivity contribution in [1.29, 1.82) is 0 Å². The summed E-state index contributed by atoms with van der Waals surface area (Å²) in [6.45, 7) is 31.2. The number of rotatable bonds is 16. The lowest BCUT2D eigenvalue weighted by atomic mass is 9.59. The predicted molar refractivity (Wildman–Crippen MR) is 230 cm³/mol. The Morgan fingerprint density at radius 2 is 0.885 bits per heavy atom. The molecule has 2 heteroatoms. The van der Waals surface area contributed by atoms with E-state index in [0.29, 0.717) is 23.7 Å². The molecule has 284 valence electrons. The first-order valence-corrected chi connectivity index (χ1v) is 19.5. The van der Waals surface area contributed by atoms with Crippen molar-refractivity contribution in [3.8, 4) is 0 Å². The highest BCUT2D eigenvalue weighted by Crippen LogP contribution is 2.50. The quantitative estimate of drug-likeness (QED) is 0.124. The van der Waals surface area contributed by atoms with E-state index in [1.165, 1.54) is 33.4 Å². The Morgan fingerprint density at radius 3 is 1.23 bits per heavy atom. The van der Waals surface area contributed by atoms with Crippen molar-refractivity contribution in [3.05, 3.63) is 155 Å². The van der Waals surface area contributed by atoms with Crippen molar-refractivity contribution in [2.24, 2.45) is 34.5 Å². The van der Waals surface area contributed by atoms with Crippen molar-refractivity contribution in [3.63, 3.8) is 0 Å². The summed E-state index contributed by atoms with van der Waals surface area (Å²) < 4.78 is 0. The van der Waals surface area contributed by atoms with Crippen LogP contribution < -0.4 is 0 Å². The molecule has 2 N–H and O–H groups in total. The Bertz CT molecular complexity index is 1430. The first kappa shape index (κ1) is 44.7.